The number of likely N-dealkylation sites (N-methyl/N-ethyl adjacent to an activating group) is 1. The van der Waals surface area contributed by atoms with Crippen LogP contribution in [0.15, 0.2) is 59.9 Å². The van der Waals surface area contributed by atoms with Crippen molar-refractivity contribution in [3.8, 4) is 11.5 Å². The van der Waals surface area contributed by atoms with Crippen molar-refractivity contribution in [3.63, 3.8) is 0 Å². The van der Waals surface area contributed by atoms with Gasteiger partial charge in [-0.2, -0.15) is 0 Å². The number of primary amides is 1. The molecule has 3 aromatic rings. The van der Waals surface area contributed by atoms with Gasteiger partial charge in [0.1, 0.15) is 0 Å². The van der Waals surface area contributed by atoms with Gasteiger partial charge in [-0.25, -0.2) is 0 Å². The number of benzene rings is 2. The Balaban J connectivity index is 0.000000235. The van der Waals surface area contributed by atoms with Crippen molar-refractivity contribution in [1.82, 2.24) is 4.98 Å². The number of fused-ring (bicyclic) bond motifs is 2. The Morgan fingerprint density at radius 2 is 1.92 bits per heavy atom. The van der Waals surface area contributed by atoms with Gasteiger partial charge < -0.3 is 20.1 Å². The number of thioether (sulfide) groups is 1. The van der Waals surface area contributed by atoms with Gasteiger partial charge in [0.05, 0.1) is 11.1 Å². The fourth-order valence-electron chi connectivity index (χ4n) is 4.60. The lowest BCUT2D eigenvalue weighted by Crippen LogP contribution is -2.12. The van der Waals surface area contributed by atoms with E-state index < -0.39 is 0 Å². The third-order valence-electron chi connectivity index (χ3n) is 6.62. The summed E-state index contributed by atoms with van der Waals surface area (Å²) in [5.74, 6) is 1.68. The molecule has 2 atom stereocenters. The second-order valence-electron chi connectivity index (χ2n) is 9.20. The Bertz CT molecular complexity index is 1330. The van der Waals surface area contributed by atoms with Crippen LogP contribution in [-0.2, 0) is 17.6 Å². The van der Waals surface area contributed by atoms with E-state index in [1.807, 2.05) is 30.8 Å². The van der Waals surface area contributed by atoms with Crippen molar-refractivity contribution in [2.45, 2.75) is 38.0 Å². The van der Waals surface area contributed by atoms with Gasteiger partial charge in [-0.1, -0.05) is 25.1 Å². The van der Waals surface area contributed by atoms with Crippen LogP contribution in [0, 0.1) is 6.92 Å². The smallest absolute Gasteiger partial charge is 0.231 e. The number of pyridine rings is 1. The van der Waals surface area contributed by atoms with E-state index in [2.05, 4.69) is 59.9 Å². The quantitative estimate of drug-likeness (QED) is 0.492. The molecule has 8 nitrogen and oxygen atoms in total. The normalized spacial score (nSPS) is 18.4. The van der Waals surface area contributed by atoms with Crippen LogP contribution in [0.1, 0.15) is 45.6 Å². The molecule has 0 fully saturated rings. The summed E-state index contributed by atoms with van der Waals surface area (Å²) in [6.45, 7) is 5.60. The summed E-state index contributed by atoms with van der Waals surface area (Å²) < 4.78 is 10.9. The predicted molar refractivity (Wildman–Crippen MR) is 152 cm³/mol. The highest BCUT2D eigenvalue weighted by molar-refractivity contribution is 8.14. The molecule has 38 heavy (non-hydrogen) atoms. The summed E-state index contributed by atoms with van der Waals surface area (Å²) in [5.41, 5.74) is 11.2. The number of hydrogen-bond acceptors (Lipinski definition) is 8. The van der Waals surface area contributed by atoms with Crippen LogP contribution in [0.2, 0.25) is 0 Å². The van der Waals surface area contributed by atoms with E-state index >= 15 is 0 Å². The number of aromatic nitrogens is 1. The number of anilines is 1. The van der Waals surface area contributed by atoms with Crippen molar-refractivity contribution in [2.24, 2.45) is 10.7 Å². The molecule has 6 rings (SSSR count). The van der Waals surface area contributed by atoms with Crippen LogP contribution < -0.4 is 20.1 Å². The minimum absolute atomic E-state index is 0.250. The van der Waals surface area contributed by atoms with Crippen LogP contribution in [0.25, 0.3) is 0 Å². The molecule has 1 aromatic heterocycles. The second-order valence-corrected chi connectivity index (χ2v) is 10.7. The third kappa shape index (κ3) is 6.34. The van der Waals surface area contributed by atoms with Gasteiger partial charge in [-0.05, 0) is 59.9 Å². The van der Waals surface area contributed by atoms with E-state index in [0.29, 0.717) is 17.6 Å². The van der Waals surface area contributed by atoms with E-state index in [1.165, 1.54) is 27.4 Å². The molecule has 2 aromatic carbocycles. The van der Waals surface area contributed by atoms with Crippen LogP contribution in [0.4, 0.5) is 5.69 Å². The Morgan fingerprint density at radius 3 is 2.66 bits per heavy atom. The molecule has 4 heterocycles. The zero-order chi connectivity index (χ0) is 27.1. The summed E-state index contributed by atoms with van der Waals surface area (Å²) in [7, 11) is 2.17. The molecule has 3 aliphatic heterocycles. The molecule has 0 radical (unpaired) electrons. The monoisotopic (exact) mass is 532 g/mol. The topological polar surface area (TPSA) is 107 Å². The minimum atomic E-state index is 0.250. The first-order chi connectivity index (χ1) is 18.4. The number of aldehydes is 1. The molecule has 0 saturated carbocycles. The molecule has 1 amide bonds. The lowest BCUT2D eigenvalue weighted by atomic mass is 10.0. The standard InChI is InChI=1S/C21H22N2O2S.C7H7NO.CH3NO/c1-13-21(16-4-5-17-15(11-16)7-8-23(17)2)22-20(26-13)10-14-3-6-18-19(9-14)25-12-24-18;1-6-2-3-8-4-7(6)5-9;2-1-3/h3-6,9,11,13,21H,7-8,10,12H2,1-2H3;2-5H,1H3;1H,(H2,2,3). The number of aryl methyl sites for hydroxylation is 1. The molecular weight excluding hydrogens is 500 g/mol. The molecule has 2 N–H and O–H groups in total. The fraction of sp³-hybridized carbons (Fsp3) is 0.310. The highest BCUT2D eigenvalue weighted by atomic mass is 32.2. The summed E-state index contributed by atoms with van der Waals surface area (Å²) in [4.78, 5) is 30.0. The maximum Gasteiger partial charge on any atom is 0.231 e. The molecule has 0 aliphatic carbocycles. The van der Waals surface area contributed by atoms with Crippen molar-refractivity contribution in [2.75, 3.05) is 25.3 Å². The van der Waals surface area contributed by atoms with Crippen molar-refractivity contribution >= 4 is 35.2 Å². The van der Waals surface area contributed by atoms with E-state index in [0.717, 1.165) is 42.7 Å². The van der Waals surface area contributed by atoms with Crippen LogP contribution in [0.5, 0.6) is 11.5 Å². The van der Waals surface area contributed by atoms with Crippen LogP contribution in [-0.4, -0.2) is 48.4 Å². The van der Waals surface area contributed by atoms with E-state index in [-0.39, 0.29) is 12.5 Å². The maximum atomic E-state index is 10.2. The van der Waals surface area contributed by atoms with Gasteiger partial charge in [0.2, 0.25) is 13.2 Å². The molecule has 198 valence electrons. The Morgan fingerprint density at radius 1 is 1.13 bits per heavy atom. The van der Waals surface area contributed by atoms with Gasteiger partial charge in [0, 0.05) is 48.9 Å². The highest BCUT2D eigenvalue weighted by Crippen LogP contribution is 2.41. The van der Waals surface area contributed by atoms with Crippen LogP contribution >= 0.6 is 11.8 Å². The van der Waals surface area contributed by atoms with E-state index in [9.17, 15) is 4.79 Å². The lowest BCUT2D eigenvalue weighted by Gasteiger charge is -2.16. The van der Waals surface area contributed by atoms with E-state index in [4.69, 9.17) is 19.3 Å². The number of carbonyl (C=O) groups is 2. The zero-order valence-electron chi connectivity index (χ0n) is 21.8. The number of hydrogen-bond donors (Lipinski definition) is 1. The molecule has 3 aliphatic rings. The van der Waals surface area contributed by atoms with Crippen molar-refractivity contribution in [3.05, 3.63) is 82.7 Å². The van der Waals surface area contributed by atoms with Crippen molar-refractivity contribution < 1.29 is 19.1 Å². The number of ether oxygens (including phenoxy) is 2. The number of nitrogens with zero attached hydrogens (tertiary/aromatic N) is 3. The van der Waals surface area contributed by atoms with Crippen LogP contribution in [0.3, 0.4) is 0 Å². The lowest BCUT2D eigenvalue weighted by molar-refractivity contribution is -0.106. The van der Waals surface area contributed by atoms with Gasteiger partial charge in [0.15, 0.2) is 17.8 Å². The van der Waals surface area contributed by atoms with Gasteiger partial charge >= 0.3 is 0 Å². The maximum absolute atomic E-state index is 10.2. The largest absolute Gasteiger partial charge is 0.454 e. The molecule has 0 bridgehead atoms. The Labute approximate surface area is 227 Å². The summed E-state index contributed by atoms with van der Waals surface area (Å²) >= 11 is 1.90. The predicted octanol–water partition coefficient (Wildman–Crippen LogP) is 4.53. The molecule has 2 unspecified atom stereocenters. The van der Waals surface area contributed by atoms with Gasteiger partial charge in [0.25, 0.3) is 0 Å². The number of rotatable bonds is 4. The fourth-order valence-corrected chi connectivity index (χ4v) is 5.80. The second kappa shape index (κ2) is 12.6. The summed E-state index contributed by atoms with van der Waals surface area (Å²) in [6, 6.07) is 15.1. The molecule has 0 saturated heterocycles. The molecular formula is C29H32N4O4S. The Kier molecular flexibility index (Phi) is 9.02. The van der Waals surface area contributed by atoms with Gasteiger partial charge in [-0.3, -0.25) is 19.6 Å². The third-order valence-corrected chi connectivity index (χ3v) is 7.77. The first-order valence-electron chi connectivity index (χ1n) is 12.4. The molecule has 0 spiro atoms. The van der Waals surface area contributed by atoms with Gasteiger partial charge in [-0.15, -0.1) is 11.8 Å². The first-order valence-corrected chi connectivity index (χ1v) is 13.3. The SMILES string of the molecule is CC1SC(Cc2ccc3c(c2)OCO3)=NC1c1ccc2c(c1)CCN2C.Cc1ccncc1C=O.NC=O. The minimum Gasteiger partial charge on any atom is -0.454 e. The number of carbonyl (C=O) groups excluding carboxylic acids is 2. The highest BCUT2D eigenvalue weighted by Gasteiger charge is 2.29. The summed E-state index contributed by atoms with van der Waals surface area (Å²) in [6.07, 6.45) is 6.28. The first kappa shape index (κ1) is 27.2. The average molecular weight is 533 g/mol. The number of nitrogens with two attached hydrogens (primary N) is 1. The number of aliphatic imine (C=N–C) groups is 1. The van der Waals surface area contributed by atoms with Crippen molar-refractivity contribution in [1.29, 1.82) is 0 Å². The Hall–Kier alpha value is -3.85. The average Bonchev–Trinajstić information content (AvgIpc) is 3.63. The molecule has 9 heteroatoms. The number of amides is 1. The van der Waals surface area contributed by atoms with E-state index in [1.54, 1.807) is 12.4 Å². The summed E-state index contributed by atoms with van der Waals surface area (Å²) in [5, 5.41) is 1.68. The zero-order valence-corrected chi connectivity index (χ0v) is 22.6.